The van der Waals surface area contributed by atoms with E-state index >= 15 is 0 Å². The van der Waals surface area contributed by atoms with Crippen molar-refractivity contribution in [3.63, 3.8) is 0 Å². The third kappa shape index (κ3) is 10.0. The lowest BCUT2D eigenvalue weighted by atomic mass is 9.70. The Morgan fingerprint density at radius 2 is 1.66 bits per heavy atom. The zero-order valence-corrected chi connectivity index (χ0v) is 32.9. The number of aliphatic carboxylic acids is 1. The van der Waals surface area contributed by atoms with Crippen LogP contribution in [0, 0.1) is 23.7 Å². The highest BCUT2D eigenvalue weighted by Gasteiger charge is 2.35. The van der Waals surface area contributed by atoms with E-state index in [-0.39, 0.29) is 30.2 Å². The normalized spacial score (nSPS) is 22.6. The zero-order valence-electron chi connectivity index (χ0n) is 32.1. The number of likely N-dealkylation sites (tertiary alicyclic amines) is 1. The first kappa shape index (κ1) is 38.9. The fourth-order valence-corrected chi connectivity index (χ4v) is 9.49. The summed E-state index contributed by atoms with van der Waals surface area (Å²) in [7, 11) is 0. The molecule has 2 N–H and O–H groups in total. The van der Waals surface area contributed by atoms with Crippen LogP contribution in [0.5, 0.6) is 0 Å². The summed E-state index contributed by atoms with van der Waals surface area (Å²) >= 11 is 1.43. The number of aromatic nitrogens is 2. The molecule has 3 atom stereocenters. The van der Waals surface area contributed by atoms with Crippen LogP contribution < -0.4 is 5.32 Å². The van der Waals surface area contributed by atoms with Gasteiger partial charge in [-0.2, -0.15) is 0 Å². The van der Waals surface area contributed by atoms with E-state index in [9.17, 15) is 19.5 Å². The number of carboxylic acids is 1. The topological polar surface area (TPSA) is 112 Å². The van der Waals surface area contributed by atoms with Crippen molar-refractivity contribution in [2.75, 3.05) is 13.1 Å². The Balaban J connectivity index is 1.07. The van der Waals surface area contributed by atoms with Crippen molar-refractivity contribution in [1.29, 1.82) is 0 Å². The molecule has 2 aliphatic carbocycles. The average molecular weight is 739 g/mol. The van der Waals surface area contributed by atoms with Crippen LogP contribution in [-0.2, 0) is 21.4 Å². The summed E-state index contributed by atoms with van der Waals surface area (Å²) in [4.78, 5) is 51.5. The van der Waals surface area contributed by atoms with Gasteiger partial charge >= 0.3 is 5.97 Å². The standard InChI is InChI=1S/C44H58N4O4S/c1-5-6-7-8-29-9-13-31(14-10-29)32-17-19-33(20-18-32)36-26-45-40(46-27-36)34-15-11-30(12-16-34)25-37(42(50)48-24-23-35(28-48)43(51)52)47-41(49)38-21-22-39(53-38)44(2,3)4/h11-12,15-16,19,21-22,26-27,29,31-32,35,37H,5-10,13-14,17-18,20,23-25,28H2,1-4H3,(H,47,49)(H,51,52)/t29?,31?,32?,35-,37-/m0/s1. The lowest BCUT2D eigenvalue weighted by Gasteiger charge is -2.35. The Morgan fingerprint density at radius 1 is 0.925 bits per heavy atom. The Hall–Kier alpha value is -3.85. The smallest absolute Gasteiger partial charge is 0.308 e. The summed E-state index contributed by atoms with van der Waals surface area (Å²) in [6, 6.07) is 10.8. The number of amides is 2. The highest BCUT2D eigenvalue weighted by Crippen LogP contribution is 2.42. The minimum Gasteiger partial charge on any atom is -0.481 e. The molecule has 284 valence electrons. The molecule has 2 fully saturated rings. The van der Waals surface area contributed by atoms with Gasteiger partial charge in [0.25, 0.3) is 5.91 Å². The molecule has 2 aromatic heterocycles. The monoisotopic (exact) mass is 738 g/mol. The number of thiophene rings is 1. The Bertz CT molecular complexity index is 1730. The first-order chi connectivity index (χ1) is 25.5. The number of hydrogen-bond donors (Lipinski definition) is 2. The molecule has 3 aromatic rings. The van der Waals surface area contributed by atoms with Crippen LogP contribution in [0.2, 0.25) is 0 Å². The quantitative estimate of drug-likeness (QED) is 0.169. The minimum absolute atomic E-state index is 0.0888. The van der Waals surface area contributed by atoms with Crippen LogP contribution in [-0.4, -0.2) is 56.9 Å². The van der Waals surface area contributed by atoms with Crippen LogP contribution in [0.4, 0.5) is 0 Å². The summed E-state index contributed by atoms with van der Waals surface area (Å²) in [5.41, 5.74) is 4.14. The van der Waals surface area contributed by atoms with E-state index < -0.39 is 17.9 Å². The molecule has 0 radical (unpaired) electrons. The Kier molecular flexibility index (Phi) is 12.9. The summed E-state index contributed by atoms with van der Waals surface area (Å²) in [6.07, 6.45) is 21.8. The Labute approximate surface area is 319 Å². The fourth-order valence-electron chi connectivity index (χ4n) is 8.52. The van der Waals surface area contributed by atoms with E-state index in [0.717, 1.165) is 52.2 Å². The van der Waals surface area contributed by atoms with E-state index in [2.05, 4.69) is 39.1 Å². The van der Waals surface area contributed by atoms with Crippen molar-refractivity contribution in [3.8, 4) is 11.4 Å². The summed E-state index contributed by atoms with van der Waals surface area (Å²) in [5.74, 6) is 1.26. The predicted molar refractivity (Wildman–Crippen MR) is 213 cm³/mol. The second-order valence-electron chi connectivity index (χ2n) is 16.8. The fraction of sp³-hybridized carbons (Fsp3) is 0.568. The molecular formula is C44H58N4O4S. The molecule has 2 amide bonds. The molecular weight excluding hydrogens is 681 g/mol. The van der Waals surface area contributed by atoms with Crippen molar-refractivity contribution in [2.45, 2.75) is 123 Å². The van der Waals surface area contributed by atoms with E-state index in [1.807, 2.05) is 42.7 Å². The van der Waals surface area contributed by atoms with Gasteiger partial charge in [0, 0.05) is 47.9 Å². The molecule has 1 aliphatic heterocycles. The number of carbonyl (C=O) groups excluding carboxylic acids is 2. The van der Waals surface area contributed by atoms with Crippen molar-refractivity contribution in [1.82, 2.24) is 20.2 Å². The van der Waals surface area contributed by atoms with Crippen molar-refractivity contribution < 1.29 is 19.5 Å². The van der Waals surface area contributed by atoms with Crippen molar-refractivity contribution in [2.24, 2.45) is 23.7 Å². The molecule has 9 heteroatoms. The second kappa shape index (κ2) is 17.5. The number of allylic oxidation sites excluding steroid dienone is 2. The number of rotatable bonds is 13. The van der Waals surface area contributed by atoms with E-state index in [1.165, 1.54) is 74.7 Å². The minimum atomic E-state index is -0.898. The third-order valence-corrected chi connectivity index (χ3v) is 13.4. The van der Waals surface area contributed by atoms with Gasteiger partial charge in [-0.05, 0) is 85.0 Å². The van der Waals surface area contributed by atoms with E-state index in [1.54, 1.807) is 11.0 Å². The van der Waals surface area contributed by atoms with Crippen LogP contribution >= 0.6 is 11.3 Å². The largest absolute Gasteiger partial charge is 0.481 e. The van der Waals surface area contributed by atoms with Gasteiger partial charge in [-0.25, -0.2) is 9.97 Å². The number of carbonyl (C=O) groups is 3. The highest BCUT2D eigenvalue weighted by atomic mass is 32.1. The number of hydrogen-bond acceptors (Lipinski definition) is 6. The van der Waals surface area contributed by atoms with E-state index in [0.29, 0.717) is 23.7 Å². The molecule has 6 rings (SSSR count). The summed E-state index contributed by atoms with van der Waals surface area (Å²) < 4.78 is 0. The van der Waals surface area contributed by atoms with Crippen LogP contribution in [0.15, 0.2) is 54.9 Å². The molecule has 53 heavy (non-hydrogen) atoms. The van der Waals surface area contributed by atoms with Crippen LogP contribution in [0.25, 0.3) is 17.0 Å². The molecule has 1 aromatic carbocycles. The molecule has 0 bridgehead atoms. The van der Waals surface area contributed by atoms with Crippen molar-refractivity contribution in [3.05, 3.63) is 75.7 Å². The number of benzene rings is 1. The molecule has 1 saturated carbocycles. The first-order valence-electron chi connectivity index (χ1n) is 20.0. The molecule has 1 unspecified atom stereocenters. The maximum Gasteiger partial charge on any atom is 0.308 e. The van der Waals surface area contributed by atoms with Gasteiger partial charge < -0.3 is 15.3 Å². The summed E-state index contributed by atoms with van der Waals surface area (Å²) in [6.45, 7) is 9.11. The van der Waals surface area contributed by atoms with Gasteiger partial charge in [-0.1, -0.05) is 96.6 Å². The van der Waals surface area contributed by atoms with Gasteiger partial charge in [0.15, 0.2) is 5.82 Å². The average Bonchev–Trinajstić information content (AvgIpc) is 3.87. The second-order valence-corrected chi connectivity index (χ2v) is 17.9. The molecule has 8 nitrogen and oxygen atoms in total. The molecule has 3 heterocycles. The summed E-state index contributed by atoms with van der Waals surface area (Å²) in [5, 5.41) is 12.5. The van der Waals surface area contributed by atoms with Crippen LogP contribution in [0.3, 0.4) is 0 Å². The van der Waals surface area contributed by atoms with Gasteiger partial charge in [-0.15, -0.1) is 11.3 Å². The lowest BCUT2D eigenvalue weighted by molar-refractivity contribution is -0.141. The van der Waals surface area contributed by atoms with E-state index in [4.69, 9.17) is 9.97 Å². The maximum atomic E-state index is 13.7. The third-order valence-electron chi connectivity index (χ3n) is 11.9. The van der Waals surface area contributed by atoms with Gasteiger partial charge in [0.05, 0.1) is 10.8 Å². The number of unbranched alkanes of at least 4 members (excludes halogenated alkanes) is 2. The van der Waals surface area contributed by atoms with Gasteiger partial charge in [0.2, 0.25) is 5.91 Å². The number of nitrogens with zero attached hydrogens (tertiary/aromatic N) is 3. The molecule has 1 saturated heterocycles. The lowest BCUT2D eigenvalue weighted by Crippen LogP contribution is -2.49. The predicted octanol–water partition coefficient (Wildman–Crippen LogP) is 9.35. The number of carboxylic acid groups (broad SMARTS) is 1. The highest BCUT2D eigenvalue weighted by molar-refractivity contribution is 7.14. The van der Waals surface area contributed by atoms with Gasteiger partial charge in [-0.3, -0.25) is 14.4 Å². The van der Waals surface area contributed by atoms with Crippen molar-refractivity contribution >= 4 is 34.7 Å². The number of nitrogens with one attached hydrogen (secondary N) is 1. The van der Waals surface area contributed by atoms with Gasteiger partial charge in [0.1, 0.15) is 6.04 Å². The Morgan fingerprint density at radius 3 is 2.26 bits per heavy atom. The molecule has 0 spiro atoms. The zero-order chi connectivity index (χ0) is 37.5. The van der Waals surface area contributed by atoms with Crippen LogP contribution in [0.1, 0.15) is 130 Å². The first-order valence-corrected chi connectivity index (χ1v) is 20.8. The molecule has 3 aliphatic rings. The maximum absolute atomic E-state index is 13.7. The SMILES string of the molecule is CCCCCC1CCC(C2CC=C(c3cnc(-c4ccc(C[C@H](NC(=O)c5ccc(C(C)(C)C)s5)C(=O)N5CC[C@H](C(=O)O)C5)cc4)nc3)CC2)CC1.